The number of hydrogen-bond donors (Lipinski definition) is 3. The van der Waals surface area contributed by atoms with E-state index in [1.54, 1.807) is 28.1 Å². The molecule has 0 rings (SSSR count). The standard InChI is InChI=1S/C10H19N3O4/c1-5-10(11-6-14,12-7-15)8(9(16)17)13(2,3)4/h6-8H,5H2,1-4H3,(H2-,11,12,14,15,16,17)/p+1. The highest BCUT2D eigenvalue weighted by Crippen LogP contribution is 2.20. The lowest BCUT2D eigenvalue weighted by atomic mass is 9.94. The molecule has 0 radical (unpaired) electrons. The molecule has 17 heavy (non-hydrogen) atoms. The van der Waals surface area contributed by atoms with Crippen LogP contribution in [0.4, 0.5) is 0 Å². The third kappa shape index (κ3) is 3.42. The Morgan fingerprint density at radius 1 is 1.29 bits per heavy atom. The molecule has 0 aromatic heterocycles. The zero-order valence-corrected chi connectivity index (χ0v) is 10.6. The third-order valence-electron chi connectivity index (χ3n) is 2.67. The monoisotopic (exact) mass is 246 g/mol. The Morgan fingerprint density at radius 2 is 1.71 bits per heavy atom. The molecule has 3 N–H and O–H groups in total. The van der Waals surface area contributed by atoms with Gasteiger partial charge in [0.05, 0.1) is 21.1 Å². The van der Waals surface area contributed by atoms with Crippen LogP contribution in [-0.2, 0) is 14.4 Å². The fraction of sp³-hybridized carbons (Fsp3) is 0.700. The normalized spacial score (nSPS) is 13.6. The van der Waals surface area contributed by atoms with Gasteiger partial charge >= 0.3 is 5.97 Å². The van der Waals surface area contributed by atoms with Crippen molar-refractivity contribution in [3.05, 3.63) is 0 Å². The van der Waals surface area contributed by atoms with Gasteiger partial charge in [0.15, 0.2) is 5.66 Å². The summed E-state index contributed by atoms with van der Waals surface area (Å²) >= 11 is 0. The van der Waals surface area contributed by atoms with Crippen LogP contribution in [0, 0.1) is 0 Å². The largest absolute Gasteiger partial charge is 0.477 e. The van der Waals surface area contributed by atoms with Crippen LogP contribution in [0.1, 0.15) is 13.3 Å². The minimum absolute atomic E-state index is 0.0604. The first kappa shape index (κ1) is 15.4. The lowest BCUT2D eigenvalue weighted by Crippen LogP contribution is -2.73. The molecule has 0 bridgehead atoms. The van der Waals surface area contributed by atoms with E-state index in [-0.39, 0.29) is 10.9 Å². The Hall–Kier alpha value is -1.63. The predicted octanol–water partition coefficient (Wildman–Crippen LogP) is -1.26. The Morgan fingerprint density at radius 3 is 1.88 bits per heavy atom. The molecule has 7 heteroatoms. The number of nitrogens with zero attached hydrogens (tertiary/aromatic N) is 1. The molecule has 0 aliphatic heterocycles. The summed E-state index contributed by atoms with van der Waals surface area (Å²) in [7, 11) is 5.05. The van der Waals surface area contributed by atoms with Crippen molar-refractivity contribution >= 4 is 18.8 Å². The maximum Gasteiger partial charge on any atom is 0.367 e. The van der Waals surface area contributed by atoms with Gasteiger partial charge in [0, 0.05) is 0 Å². The van der Waals surface area contributed by atoms with Crippen LogP contribution >= 0.6 is 0 Å². The van der Waals surface area contributed by atoms with Gasteiger partial charge in [-0.05, 0) is 6.42 Å². The van der Waals surface area contributed by atoms with Crippen LogP contribution in [0.15, 0.2) is 0 Å². The zero-order valence-electron chi connectivity index (χ0n) is 10.6. The summed E-state index contributed by atoms with van der Waals surface area (Å²) in [4.78, 5) is 32.7. The first-order valence-electron chi connectivity index (χ1n) is 5.21. The van der Waals surface area contributed by atoms with Crippen molar-refractivity contribution in [2.24, 2.45) is 0 Å². The smallest absolute Gasteiger partial charge is 0.367 e. The fourth-order valence-corrected chi connectivity index (χ4v) is 2.01. The van der Waals surface area contributed by atoms with Crippen molar-refractivity contribution in [3.8, 4) is 0 Å². The van der Waals surface area contributed by atoms with E-state index in [9.17, 15) is 19.5 Å². The second-order valence-electron chi connectivity index (χ2n) is 4.71. The van der Waals surface area contributed by atoms with E-state index in [1.807, 2.05) is 0 Å². The van der Waals surface area contributed by atoms with Crippen molar-refractivity contribution in [3.63, 3.8) is 0 Å². The van der Waals surface area contributed by atoms with E-state index in [1.165, 1.54) is 0 Å². The molecule has 0 aromatic rings. The zero-order chi connectivity index (χ0) is 13.7. The lowest BCUT2D eigenvalue weighted by molar-refractivity contribution is -0.892. The maximum absolute atomic E-state index is 11.4. The molecule has 0 aromatic carbocycles. The van der Waals surface area contributed by atoms with Crippen molar-refractivity contribution in [1.29, 1.82) is 0 Å². The molecule has 0 aliphatic rings. The minimum atomic E-state index is -1.30. The average Bonchev–Trinajstić information content (AvgIpc) is 2.15. The summed E-state index contributed by atoms with van der Waals surface area (Å²) < 4.78 is 0.0604. The van der Waals surface area contributed by atoms with Gasteiger partial charge in [0.1, 0.15) is 0 Å². The quantitative estimate of drug-likeness (QED) is 0.283. The number of nitrogens with one attached hydrogen (secondary N) is 2. The number of hydrogen-bond acceptors (Lipinski definition) is 3. The molecule has 0 fully saturated rings. The number of carbonyl (C=O) groups excluding carboxylic acids is 2. The van der Waals surface area contributed by atoms with Gasteiger partial charge in [0.25, 0.3) is 0 Å². The van der Waals surface area contributed by atoms with Gasteiger partial charge in [-0.25, -0.2) is 4.79 Å². The number of carbonyl (C=O) groups is 3. The molecule has 98 valence electrons. The molecule has 0 saturated heterocycles. The second kappa shape index (κ2) is 5.62. The number of aliphatic carboxylic acids is 1. The molecule has 0 aliphatic carbocycles. The van der Waals surface area contributed by atoms with Gasteiger partial charge in [0.2, 0.25) is 18.9 Å². The topological polar surface area (TPSA) is 95.5 Å². The number of rotatable bonds is 8. The van der Waals surface area contributed by atoms with Crippen molar-refractivity contribution in [2.75, 3.05) is 21.1 Å². The minimum Gasteiger partial charge on any atom is -0.477 e. The third-order valence-corrected chi connectivity index (χ3v) is 2.67. The fourth-order valence-electron chi connectivity index (χ4n) is 2.01. The summed E-state index contributed by atoms with van der Waals surface area (Å²) in [5, 5.41) is 14.1. The van der Waals surface area contributed by atoms with Crippen LogP contribution in [-0.4, -0.2) is 61.2 Å². The predicted molar refractivity (Wildman–Crippen MR) is 60.9 cm³/mol. The summed E-state index contributed by atoms with van der Waals surface area (Å²) in [6.45, 7) is 1.69. The molecule has 1 atom stereocenters. The average molecular weight is 246 g/mol. The van der Waals surface area contributed by atoms with Crippen LogP contribution in [0.2, 0.25) is 0 Å². The molecule has 0 saturated carbocycles. The van der Waals surface area contributed by atoms with E-state index in [0.717, 1.165) is 0 Å². The van der Waals surface area contributed by atoms with Crippen LogP contribution in [0.5, 0.6) is 0 Å². The van der Waals surface area contributed by atoms with E-state index < -0.39 is 17.7 Å². The van der Waals surface area contributed by atoms with Crippen molar-refractivity contribution in [2.45, 2.75) is 25.0 Å². The van der Waals surface area contributed by atoms with Gasteiger partial charge < -0.3 is 20.2 Å². The van der Waals surface area contributed by atoms with Gasteiger partial charge in [-0.3, -0.25) is 9.59 Å². The van der Waals surface area contributed by atoms with Crippen LogP contribution in [0.3, 0.4) is 0 Å². The molecule has 2 amide bonds. The Bertz CT molecular complexity index is 288. The molecular formula is C10H20N3O4+. The maximum atomic E-state index is 11.4. The van der Waals surface area contributed by atoms with E-state index >= 15 is 0 Å². The van der Waals surface area contributed by atoms with Crippen molar-refractivity contribution < 1.29 is 24.0 Å². The summed E-state index contributed by atoms with van der Waals surface area (Å²) in [5.41, 5.74) is -1.30. The second-order valence-corrected chi connectivity index (χ2v) is 4.71. The Balaban J connectivity index is 5.56. The first-order valence-corrected chi connectivity index (χ1v) is 5.21. The molecule has 7 nitrogen and oxygen atoms in total. The molecule has 0 heterocycles. The van der Waals surface area contributed by atoms with Crippen molar-refractivity contribution in [1.82, 2.24) is 10.6 Å². The van der Waals surface area contributed by atoms with Gasteiger partial charge in [-0.1, -0.05) is 6.92 Å². The Labute approximate surface area is 100 Å². The van der Waals surface area contributed by atoms with Gasteiger partial charge in [-0.15, -0.1) is 0 Å². The van der Waals surface area contributed by atoms with Crippen LogP contribution in [0.25, 0.3) is 0 Å². The van der Waals surface area contributed by atoms with Gasteiger partial charge in [-0.2, -0.15) is 0 Å². The first-order chi connectivity index (χ1) is 7.75. The Kier molecular flexibility index (Phi) is 5.09. The summed E-state index contributed by atoms with van der Waals surface area (Å²) in [5.74, 6) is -1.09. The highest BCUT2D eigenvalue weighted by atomic mass is 16.4. The highest BCUT2D eigenvalue weighted by Gasteiger charge is 2.50. The number of carboxylic acids is 1. The van der Waals surface area contributed by atoms with E-state index in [4.69, 9.17) is 0 Å². The summed E-state index contributed by atoms with van der Waals surface area (Å²) in [6, 6.07) is -0.997. The number of carboxylic acid groups (broad SMARTS) is 1. The highest BCUT2D eigenvalue weighted by molar-refractivity contribution is 5.75. The SMILES string of the molecule is CCC(NC=O)(NC=O)C(C(=O)O)[N+](C)(C)C. The number of amides is 2. The van der Waals surface area contributed by atoms with E-state index in [0.29, 0.717) is 12.8 Å². The van der Waals surface area contributed by atoms with Crippen LogP contribution < -0.4 is 10.6 Å². The molecular weight excluding hydrogens is 226 g/mol. The molecule has 0 spiro atoms. The summed E-state index contributed by atoms with van der Waals surface area (Å²) in [6.07, 6.45) is 1.05. The number of quaternary nitrogens is 1. The lowest BCUT2D eigenvalue weighted by Gasteiger charge is -2.43. The molecule has 1 unspecified atom stereocenters. The van der Waals surface area contributed by atoms with E-state index in [2.05, 4.69) is 10.6 Å². The number of likely N-dealkylation sites (N-methyl/N-ethyl adjacent to an activating group) is 1.